The Kier molecular flexibility index (Phi) is 4.79. The van der Waals surface area contributed by atoms with Gasteiger partial charge in [0.25, 0.3) is 5.91 Å². The molecule has 2 atom stereocenters. The summed E-state index contributed by atoms with van der Waals surface area (Å²) in [6, 6.07) is 17.3. The number of likely N-dealkylation sites (N-methyl/N-ethyl adjacent to an activating group) is 1. The van der Waals surface area contributed by atoms with Gasteiger partial charge in [-0.1, -0.05) is 35.9 Å². The third kappa shape index (κ3) is 3.68. The molecule has 1 heterocycles. The summed E-state index contributed by atoms with van der Waals surface area (Å²) in [5.41, 5.74) is 1.98. The molecule has 0 bridgehead atoms. The molecule has 1 aromatic heterocycles. The molecule has 3 rings (SSSR count). The molecule has 4 nitrogen and oxygen atoms in total. The number of carbonyl (C=O) groups is 1. The third-order valence-electron chi connectivity index (χ3n) is 4.47. The van der Waals surface area contributed by atoms with E-state index in [1.165, 1.54) is 0 Å². The van der Waals surface area contributed by atoms with Crippen molar-refractivity contribution in [2.75, 3.05) is 7.05 Å². The number of fused-ring (bicyclic) bond motifs is 1. The Bertz CT molecular complexity index is 833. The lowest BCUT2D eigenvalue weighted by Crippen LogP contribution is -2.39. The predicted octanol–water partition coefficient (Wildman–Crippen LogP) is 4.73. The van der Waals surface area contributed by atoms with Gasteiger partial charge in [0, 0.05) is 12.4 Å². The first-order valence-electron chi connectivity index (χ1n) is 8.44. The van der Waals surface area contributed by atoms with E-state index in [-0.39, 0.29) is 11.9 Å². The van der Waals surface area contributed by atoms with Crippen LogP contribution in [0.5, 0.6) is 5.75 Å². The summed E-state index contributed by atoms with van der Waals surface area (Å²) in [4.78, 5) is 14.4. The number of ether oxygens (including phenoxy) is 1. The number of hydrogen-bond acceptors (Lipinski definition) is 3. The van der Waals surface area contributed by atoms with Crippen LogP contribution in [-0.2, 0) is 4.79 Å². The van der Waals surface area contributed by atoms with Crippen LogP contribution in [0.3, 0.4) is 0 Å². The van der Waals surface area contributed by atoms with Gasteiger partial charge in [0.1, 0.15) is 17.1 Å². The zero-order valence-corrected chi connectivity index (χ0v) is 15.0. The van der Waals surface area contributed by atoms with E-state index in [2.05, 4.69) is 0 Å². The van der Waals surface area contributed by atoms with Crippen LogP contribution in [0.4, 0.5) is 0 Å². The van der Waals surface area contributed by atoms with Gasteiger partial charge >= 0.3 is 0 Å². The van der Waals surface area contributed by atoms with E-state index in [0.717, 1.165) is 22.3 Å². The molecule has 1 amide bonds. The van der Waals surface area contributed by atoms with Crippen molar-refractivity contribution >= 4 is 16.9 Å². The van der Waals surface area contributed by atoms with Crippen LogP contribution in [-0.4, -0.2) is 24.0 Å². The van der Waals surface area contributed by atoms with Crippen LogP contribution in [0.25, 0.3) is 11.0 Å². The number of aryl methyl sites for hydroxylation is 1. The van der Waals surface area contributed by atoms with E-state index in [1.54, 1.807) is 18.9 Å². The third-order valence-corrected chi connectivity index (χ3v) is 4.47. The molecule has 0 saturated carbocycles. The standard InChI is InChI=1S/C21H23NO3/c1-14-9-11-18(12-10-14)24-16(3)21(23)22(4)15(2)20-13-17-7-5-6-8-19(17)25-20/h5-13,15-16H,1-4H3. The van der Waals surface area contributed by atoms with Crippen molar-refractivity contribution < 1.29 is 13.9 Å². The van der Waals surface area contributed by atoms with Crippen molar-refractivity contribution in [3.8, 4) is 5.75 Å². The first kappa shape index (κ1) is 17.1. The molecule has 4 heteroatoms. The van der Waals surface area contributed by atoms with Gasteiger partial charge in [-0.05, 0) is 45.0 Å². The van der Waals surface area contributed by atoms with Gasteiger partial charge in [-0.2, -0.15) is 0 Å². The van der Waals surface area contributed by atoms with Crippen molar-refractivity contribution in [1.29, 1.82) is 0 Å². The maximum Gasteiger partial charge on any atom is 0.263 e. The highest BCUT2D eigenvalue weighted by atomic mass is 16.5. The Morgan fingerprint density at radius 3 is 2.44 bits per heavy atom. The minimum atomic E-state index is -0.570. The van der Waals surface area contributed by atoms with Gasteiger partial charge in [-0.3, -0.25) is 4.79 Å². The van der Waals surface area contributed by atoms with Crippen LogP contribution < -0.4 is 4.74 Å². The summed E-state index contributed by atoms with van der Waals surface area (Å²) in [5, 5.41) is 1.04. The lowest BCUT2D eigenvalue weighted by molar-refractivity contribution is -0.138. The second-order valence-electron chi connectivity index (χ2n) is 6.38. The first-order chi connectivity index (χ1) is 12.0. The summed E-state index contributed by atoms with van der Waals surface area (Å²) in [6.07, 6.45) is -0.570. The van der Waals surface area contributed by atoms with Gasteiger partial charge in [0.05, 0.1) is 6.04 Å². The topological polar surface area (TPSA) is 42.7 Å². The highest BCUT2D eigenvalue weighted by Crippen LogP contribution is 2.27. The molecule has 0 fully saturated rings. The number of nitrogens with zero attached hydrogens (tertiary/aromatic N) is 1. The number of para-hydroxylation sites is 1. The lowest BCUT2D eigenvalue weighted by atomic mass is 10.2. The van der Waals surface area contributed by atoms with E-state index >= 15 is 0 Å². The summed E-state index contributed by atoms with van der Waals surface area (Å²) >= 11 is 0. The molecular weight excluding hydrogens is 314 g/mol. The number of benzene rings is 2. The minimum absolute atomic E-state index is 0.0893. The van der Waals surface area contributed by atoms with Crippen LogP contribution in [0, 0.1) is 6.92 Å². The number of carbonyl (C=O) groups excluding carboxylic acids is 1. The van der Waals surface area contributed by atoms with Crippen molar-refractivity contribution in [2.24, 2.45) is 0 Å². The van der Waals surface area contributed by atoms with Crippen LogP contribution in [0.2, 0.25) is 0 Å². The van der Waals surface area contributed by atoms with Crippen molar-refractivity contribution in [3.05, 3.63) is 65.9 Å². The quantitative estimate of drug-likeness (QED) is 0.676. The highest BCUT2D eigenvalue weighted by molar-refractivity contribution is 5.82. The Morgan fingerprint density at radius 2 is 1.76 bits per heavy atom. The fraction of sp³-hybridized carbons (Fsp3) is 0.286. The summed E-state index contributed by atoms with van der Waals surface area (Å²) in [6.45, 7) is 5.74. The average Bonchev–Trinajstić information content (AvgIpc) is 3.05. The molecule has 130 valence electrons. The van der Waals surface area contributed by atoms with E-state index < -0.39 is 6.10 Å². The molecule has 0 saturated heterocycles. The molecule has 2 aromatic carbocycles. The highest BCUT2D eigenvalue weighted by Gasteiger charge is 2.25. The second-order valence-corrected chi connectivity index (χ2v) is 6.38. The zero-order chi connectivity index (χ0) is 18.0. The number of rotatable bonds is 5. The predicted molar refractivity (Wildman–Crippen MR) is 98.7 cm³/mol. The van der Waals surface area contributed by atoms with Crippen LogP contribution in [0.1, 0.15) is 31.2 Å². The SMILES string of the molecule is Cc1ccc(OC(C)C(=O)N(C)C(C)c2cc3ccccc3o2)cc1. The molecule has 25 heavy (non-hydrogen) atoms. The maximum absolute atomic E-state index is 12.7. The van der Waals surface area contributed by atoms with Crippen LogP contribution in [0.15, 0.2) is 59.0 Å². The van der Waals surface area contributed by atoms with Crippen molar-refractivity contribution in [2.45, 2.75) is 32.9 Å². The number of amides is 1. The molecule has 0 radical (unpaired) electrons. The molecule has 0 N–H and O–H groups in total. The van der Waals surface area contributed by atoms with E-state index in [0.29, 0.717) is 5.75 Å². The van der Waals surface area contributed by atoms with Gasteiger partial charge in [0.15, 0.2) is 6.10 Å². The van der Waals surface area contributed by atoms with Crippen molar-refractivity contribution in [3.63, 3.8) is 0 Å². The second kappa shape index (κ2) is 7.01. The molecule has 0 spiro atoms. The zero-order valence-electron chi connectivity index (χ0n) is 15.0. The average molecular weight is 337 g/mol. The molecule has 0 aliphatic heterocycles. The Morgan fingerprint density at radius 1 is 1.08 bits per heavy atom. The Hall–Kier alpha value is -2.75. The minimum Gasteiger partial charge on any atom is -0.481 e. The fourth-order valence-electron chi connectivity index (χ4n) is 2.75. The summed E-state index contributed by atoms with van der Waals surface area (Å²) < 4.78 is 11.7. The van der Waals surface area contributed by atoms with Crippen LogP contribution >= 0.6 is 0 Å². The number of furan rings is 1. The van der Waals surface area contributed by atoms with E-state index in [4.69, 9.17) is 9.15 Å². The molecule has 3 aromatic rings. The molecule has 0 aliphatic carbocycles. The van der Waals surface area contributed by atoms with E-state index in [1.807, 2.05) is 68.4 Å². The fourth-order valence-corrected chi connectivity index (χ4v) is 2.75. The first-order valence-corrected chi connectivity index (χ1v) is 8.44. The molecule has 0 aliphatic rings. The van der Waals surface area contributed by atoms with Gasteiger partial charge in [0.2, 0.25) is 0 Å². The monoisotopic (exact) mass is 337 g/mol. The van der Waals surface area contributed by atoms with Gasteiger partial charge in [-0.25, -0.2) is 0 Å². The normalized spacial score (nSPS) is 13.4. The lowest BCUT2D eigenvalue weighted by Gasteiger charge is -2.26. The smallest absolute Gasteiger partial charge is 0.263 e. The molecular formula is C21H23NO3. The van der Waals surface area contributed by atoms with Gasteiger partial charge < -0.3 is 14.1 Å². The summed E-state index contributed by atoms with van der Waals surface area (Å²) in [7, 11) is 1.77. The Balaban J connectivity index is 1.70. The van der Waals surface area contributed by atoms with E-state index in [9.17, 15) is 4.79 Å². The largest absolute Gasteiger partial charge is 0.481 e. The summed E-state index contributed by atoms with van der Waals surface area (Å²) in [5.74, 6) is 1.37. The molecule has 2 unspecified atom stereocenters. The number of hydrogen-bond donors (Lipinski definition) is 0. The maximum atomic E-state index is 12.7. The van der Waals surface area contributed by atoms with Crippen molar-refractivity contribution in [1.82, 2.24) is 4.90 Å². The Labute approximate surface area is 148 Å². The van der Waals surface area contributed by atoms with Gasteiger partial charge in [-0.15, -0.1) is 0 Å².